The second-order valence-corrected chi connectivity index (χ2v) is 18.0. The third kappa shape index (κ3) is 7.81. The van der Waals surface area contributed by atoms with E-state index in [1.54, 1.807) is 31.4 Å². The summed E-state index contributed by atoms with van der Waals surface area (Å²) in [5.74, 6) is -3.33. The standard InChI is InChI=1S/C46H45N2O9PS/c1-32(49)57-40(46(28-29-47(46)54-3)45(52)56-31-33-16-8-4-9-17-33)39-41(50)48(43(39)59)42(44(51)55-30-34-24-26-35(53-2)27-25-34)58(36-18-10-5-11-19-36,37-20-12-6-13-21-37)38-22-14-7-15-23-38/h4-27,39-40,43,59H,28-31H2,1-3H3/t39-,40?,43+,46+/m0/s1. The zero-order valence-corrected chi connectivity index (χ0v) is 34.7. The van der Waals surface area contributed by atoms with Crippen molar-refractivity contribution < 1.29 is 43.0 Å². The molecule has 2 aliphatic rings. The number of hydroxylamine groups is 2. The summed E-state index contributed by atoms with van der Waals surface area (Å²) >= 11 is 5.07. The summed E-state index contributed by atoms with van der Waals surface area (Å²) in [6.45, 7) is -1.96. The van der Waals surface area contributed by atoms with Gasteiger partial charge in [-0.15, -0.1) is 0 Å². The van der Waals surface area contributed by atoms with E-state index in [2.05, 4.69) is 0 Å². The van der Waals surface area contributed by atoms with Gasteiger partial charge in [-0.05, 0) is 45.6 Å². The van der Waals surface area contributed by atoms with Crippen molar-refractivity contribution in [3.8, 4) is 5.75 Å². The lowest BCUT2D eigenvalue weighted by molar-refractivity contribution is -0.293. The molecule has 11 nitrogen and oxygen atoms in total. The van der Waals surface area contributed by atoms with Gasteiger partial charge in [-0.1, -0.05) is 133 Å². The van der Waals surface area contributed by atoms with Crippen LogP contribution in [0.3, 0.4) is 0 Å². The van der Waals surface area contributed by atoms with E-state index in [0.717, 1.165) is 21.5 Å². The first kappa shape index (κ1) is 41.5. The summed E-state index contributed by atoms with van der Waals surface area (Å²) in [6, 6.07) is 45.0. The summed E-state index contributed by atoms with van der Waals surface area (Å²) < 4.78 is 23.4. The maximum absolute atomic E-state index is 15.3. The molecule has 2 fully saturated rings. The molecule has 59 heavy (non-hydrogen) atoms. The monoisotopic (exact) mass is 832 g/mol. The first-order valence-electron chi connectivity index (χ1n) is 19.1. The second-order valence-electron chi connectivity index (χ2n) is 14.1. The first-order valence-corrected chi connectivity index (χ1v) is 21.4. The predicted octanol–water partition coefficient (Wildman–Crippen LogP) is 5.26. The Morgan fingerprint density at radius 2 is 1.22 bits per heavy atom. The van der Waals surface area contributed by atoms with E-state index in [9.17, 15) is 9.59 Å². The molecule has 13 heteroatoms. The van der Waals surface area contributed by atoms with E-state index in [1.807, 2.05) is 121 Å². The van der Waals surface area contributed by atoms with Gasteiger partial charge in [0.1, 0.15) is 36.4 Å². The molecule has 2 aliphatic heterocycles. The number of benzene rings is 5. The van der Waals surface area contributed by atoms with E-state index >= 15 is 9.59 Å². The normalized spacial score (nSPS) is 19.4. The van der Waals surface area contributed by atoms with Crippen LogP contribution in [0, 0.1) is 5.92 Å². The molecule has 304 valence electrons. The van der Waals surface area contributed by atoms with Crippen molar-refractivity contribution in [2.75, 3.05) is 20.8 Å². The van der Waals surface area contributed by atoms with Gasteiger partial charge in [0, 0.05) is 20.4 Å². The number of rotatable bonds is 15. The number of nitrogens with zero attached hydrogens (tertiary/aromatic N) is 2. The van der Waals surface area contributed by atoms with Crippen molar-refractivity contribution in [1.29, 1.82) is 0 Å². The number of methoxy groups -OCH3 is 1. The third-order valence-corrected chi connectivity index (χ3v) is 15.6. The molecule has 2 saturated heterocycles. The number of amides is 1. The minimum absolute atomic E-state index is 0.0585. The molecule has 0 N–H and O–H groups in total. The van der Waals surface area contributed by atoms with Crippen LogP contribution in [0.15, 0.2) is 146 Å². The molecule has 7 rings (SSSR count). The van der Waals surface area contributed by atoms with Crippen molar-refractivity contribution in [2.24, 2.45) is 5.92 Å². The molecular formula is C46H45N2O9PS. The summed E-state index contributed by atoms with van der Waals surface area (Å²) in [5, 5.41) is 2.66. The van der Waals surface area contributed by atoms with Crippen LogP contribution in [-0.4, -0.2) is 77.0 Å². The Morgan fingerprint density at radius 1 is 0.729 bits per heavy atom. The number of carbonyl (C=O) groups excluding carboxylic acids is 4. The number of carbonyl (C=O) groups is 4. The minimum atomic E-state index is -3.31. The highest BCUT2D eigenvalue weighted by Crippen LogP contribution is 2.52. The van der Waals surface area contributed by atoms with Crippen LogP contribution in [0.2, 0.25) is 0 Å². The van der Waals surface area contributed by atoms with Crippen LogP contribution in [0.1, 0.15) is 24.5 Å². The van der Waals surface area contributed by atoms with Crippen LogP contribution in [0.5, 0.6) is 5.75 Å². The van der Waals surface area contributed by atoms with Crippen molar-refractivity contribution in [1.82, 2.24) is 9.96 Å². The van der Waals surface area contributed by atoms with E-state index < -0.39 is 53.6 Å². The molecule has 0 radical (unpaired) electrons. The van der Waals surface area contributed by atoms with Gasteiger partial charge in [0.25, 0.3) is 0 Å². The van der Waals surface area contributed by atoms with Gasteiger partial charge >= 0.3 is 17.9 Å². The Kier molecular flexibility index (Phi) is 12.7. The fourth-order valence-electron chi connectivity index (χ4n) is 7.91. The van der Waals surface area contributed by atoms with Gasteiger partial charge in [0.05, 0.1) is 19.6 Å². The Labute approximate surface area is 349 Å². The number of likely N-dealkylation sites (tertiary alicyclic amines) is 1. The molecule has 0 spiro atoms. The Hall–Kier alpha value is -5.65. The van der Waals surface area contributed by atoms with E-state index in [4.69, 9.17) is 36.4 Å². The van der Waals surface area contributed by atoms with Gasteiger partial charge < -0.3 is 23.8 Å². The molecule has 5 aromatic carbocycles. The topological polar surface area (TPSA) is 121 Å². The maximum Gasteiger partial charge on any atom is 0.356 e. The smallest absolute Gasteiger partial charge is 0.356 e. The summed E-state index contributed by atoms with van der Waals surface area (Å²) in [7, 11) is 2.97. The van der Waals surface area contributed by atoms with Gasteiger partial charge in [-0.3, -0.25) is 14.5 Å². The summed E-state index contributed by atoms with van der Waals surface area (Å²) in [5.41, 5.74) is -0.165. The average Bonchev–Trinajstić information content (AvgIpc) is 3.26. The van der Waals surface area contributed by atoms with E-state index in [1.165, 1.54) is 24.0 Å². The van der Waals surface area contributed by atoms with Gasteiger partial charge in [-0.2, -0.15) is 17.7 Å². The van der Waals surface area contributed by atoms with Crippen molar-refractivity contribution in [3.63, 3.8) is 0 Å². The maximum atomic E-state index is 15.3. The van der Waals surface area contributed by atoms with E-state index in [0.29, 0.717) is 17.9 Å². The lowest BCUT2D eigenvalue weighted by Gasteiger charge is -2.57. The zero-order valence-electron chi connectivity index (χ0n) is 32.9. The number of hydrogen-bond acceptors (Lipinski definition) is 11. The number of thiol groups is 1. The SMILES string of the molecule is COc1ccc(COC(=O)C(N2C(=O)[C@H](C(OC(C)=O)[C@@]3(C(=O)OCc4ccccc4)CCN3OC)[C@H]2S)=P(c2ccccc2)(c2ccccc2)c2ccccc2)cc1. The Bertz CT molecular complexity index is 2230. The molecule has 1 amide bonds. The van der Waals surface area contributed by atoms with Crippen LogP contribution in [0.4, 0.5) is 0 Å². The largest absolute Gasteiger partial charge is 0.497 e. The lowest BCUT2D eigenvalue weighted by Crippen LogP contribution is -2.78. The first-order chi connectivity index (χ1) is 28.7. The minimum Gasteiger partial charge on any atom is -0.497 e. The van der Waals surface area contributed by atoms with Crippen molar-refractivity contribution in [2.45, 2.75) is 43.6 Å². The summed E-state index contributed by atoms with van der Waals surface area (Å²) in [4.78, 5) is 64.7. The van der Waals surface area contributed by atoms with Crippen LogP contribution < -0.4 is 20.7 Å². The van der Waals surface area contributed by atoms with Crippen molar-refractivity contribution in [3.05, 3.63) is 157 Å². The summed E-state index contributed by atoms with van der Waals surface area (Å²) in [6.07, 6.45) is -1.25. The quantitative estimate of drug-likeness (QED) is 0.0492. The molecular weight excluding hydrogens is 788 g/mol. The predicted molar refractivity (Wildman–Crippen MR) is 229 cm³/mol. The van der Waals surface area contributed by atoms with Crippen LogP contribution in [-0.2, 0) is 51.4 Å². The molecule has 5 aromatic rings. The van der Waals surface area contributed by atoms with E-state index in [-0.39, 0.29) is 25.1 Å². The highest BCUT2D eigenvalue weighted by Gasteiger charge is 2.68. The van der Waals surface area contributed by atoms with Gasteiger partial charge in [0.15, 0.2) is 5.54 Å². The molecule has 0 aromatic heterocycles. The average molecular weight is 833 g/mol. The molecule has 2 heterocycles. The lowest BCUT2D eigenvalue weighted by atomic mass is 9.72. The second kappa shape index (κ2) is 18.1. The highest BCUT2D eigenvalue weighted by atomic mass is 32.1. The molecule has 4 atom stereocenters. The zero-order chi connectivity index (χ0) is 41.6. The fourth-order valence-corrected chi connectivity index (χ4v) is 12.9. The molecule has 1 unspecified atom stereocenters. The molecule has 0 bridgehead atoms. The fraction of sp³-hybridized carbons (Fsp3) is 0.239. The Morgan fingerprint density at radius 3 is 1.66 bits per heavy atom. The van der Waals surface area contributed by atoms with Gasteiger partial charge in [0.2, 0.25) is 5.91 Å². The number of β-lactam (4-membered cyclic amide) rings is 1. The molecule has 0 saturated carbocycles. The van der Waals surface area contributed by atoms with Gasteiger partial charge in [-0.25, -0.2) is 9.59 Å². The number of hydrogen-bond donors (Lipinski definition) is 1. The van der Waals surface area contributed by atoms with Crippen molar-refractivity contribution >= 4 is 64.7 Å². The molecule has 0 aliphatic carbocycles. The number of esters is 3. The van der Waals surface area contributed by atoms with Crippen LogP contribution in [0.25, 0.3) is 0 Å². The Balaban J connectivity index is 1.40. The van der Waals surface area contributed by atoms with Crippen LogP contribution >= 0.6 is 19.5 Å². The third-order valence-electron chi connectivity index (χ3n) is 10.8. The number of ether oxygens (including phenoxy) is 4. The highest BCUT2D eigenvalue weighted by molar-refractivity contribution is 7.96.